The second-order valence-electron chi connectivity index (χ2n) is 4.20. The second-order valence-corrected chi connectivity index (χ2v) is 4.20. The lowest BCUT2D eigenvalue weighted by Gasteiger charge is -2.24. The molecule has 5 nitrogen and oxygen atoms in total. The Morgan fingerprint density at radius 1 is 1.61 bits per heavy atom. The van der Waals surface area contributed by atoms with Crippen molar-refractivity contribution in [3.63, 3.8) is 0 Å². The summed E-state index contributed by atoms with van der Waals surface area (Å²) in [5, 5.41) is 0. The van der Waals surface area contributed by atoms with Gasteiger partial charge >= 0.3 is 5.97 Å². The molecule has 2 heterocycles. The first-order valence-electron chi connectivity index (χ1n) is 6.05. The zero-order valence-corrected chi connectivity index (χ0v) is 10.5. The van der Waals surface area contributed by atoms with Crippen LogP contribution in [0.5, 0.6) is 0 Å². The van der Waals surface area contributed by atoms with Gasteiger partial charge in [-0.2, -0.15) is 0 Å². The number of ether oxygens (including phenoxy) is 1. The number of esters is 1. The second kappa shape index (κ2) is 5.29. The van der Waals surface area contributed by atoms with Crippen molar-refractivity contribution in [1.29, 1.82) is 0 Å². The first kappa shape index (κ1) is 12.7. The third-order valence-corrected chi connectivity index (χ3v) is 3.03. The zero-order valence-electron chi connectivity index (χ0n) is 10.5. The third kappa shape index (κ3) is 2.27. The van der Waals surface area contributed by atoms with E-state index in [-0.39, 0.29) is 17.5 Å². The molecule has 1 saturated heterocycles. The molecule has 1 aromatic rings. The fourth-order valence-electron chi connectivity index (χ4n) is 2.15. The van der Waals surface area contributed by atoms with Crippen LogP contribution in [0.25, 0.3) is 0 Å². The number of carbonyl (C=O) groups excluding carboxylic acids is 1. The van der Waals surface area contributed by atoms with Gasteiger partial charge in [0.15, 0.2) is 11.6 Å². The van der Waals surface area contributed by atoms with E-state index < -0.39 is 11.9 Å². The monoisotopic (exact) mass is 253 g/mol. The number of anilines is 1. The average Bonchev–Trinajstić information content (AvgIpc) is 2.82. The normalized spacial score (nSPS) is 19.1. The van der Waals surface area contributed by atoms with Gasteiger partial charge in [-0.05, 0) is 26.7 Å². The fraction of sp³-hybridized carbons (Fsp3) is 0.583. The lowest BCUT2D eigenvalue weighted by Crippen LogP contribution is -2.38. The predicted molar refractivity (Wildman–Crippen MR) is 63.7 cm³/mol. The highest BCUT2D eigenvalue weighted by atomic mass is 19.1. The van der Waals surface area contributed by atoms with E-state index in [2.05, 4.69) is 9.97 Å². The van der Waals surface area contributed by atoms with E-state index in [1.54, 1.807) is 18.7 Å². The van der Waals surface area contributed by atoms with E-state index in [9.17, 15) is 9.18 Å². The van der Waals surface area contributed by atoms with Gasteiger partial charge in [0.05, 0.1) is 12.3 Å². The van der Waals surface area contributed by atoms with E-state index in [0.717, 1.165) is 6.42 Å². The van der Waals surface area contributed by atoms with Crippen LogP contribution >= 0.6 is 0 Å². The van der Waals surface area contributed by atoms with E-state index in [1.165, 1.54) is 6.33 Å². The van der Waals surface area contributed by atoms with Gasteiger partial charge in [-0.1, -0.05) is 0 Å². The summed E-state index contributed by atoms with van der Waals surface area (Å²) in [6.45, 7) is 4.27. The number of halogens is 1. The minimum atomic E-state index is -0.464. The summed E-state index contributed by atoms with van der Waals surface area (Å²) < 4.78 is 19.0. The molecule has 0 aliphatic carbocycles. The summed E-state index contributed by atoms with van der Waals surface area (Å²) in [5.41, 5.74) is 0.287. The molecule has 98 valence electrons. The molecule has 0 N–H and O–H groups in total. The van der Waals surface area contributed by atoms with Gasteiger partial charge in [-0.3, -0.25) is 0 Å². The number of aryl methyl sites for hydroxylation is 1. The number of nitrogens with zero attached hydrogens (tertiary/aromatic N) is 3. The van der Waals surface area contributed by atoms with Gasteiger partial charge in [0.1, 0.15) is 12.4 Å². The van der Waals surface area contributed by atoms with Crippen molar-refractivity contribution in [3.8, 4) is 0 Å². The number of rotatable bonds is 3. The summed E-state index contributed by atoms with van der Waals surface area (Å²) in [4.78, 5) is 21.2. The third-order valence-electron chi connectivity index (χ3n) is 3.03. The van der Waals surface area contributed by atoms with Crippen molar-refractivity contribution in [2.24, 2.45) is 0 Å². The molecule has 1 aromatic heterocycles. The van der Waals surface area contributed by atoms with E-state index in [4.69, 9.17) is 4.74 Å². The predicted octanol–water partition coefficient (Wildman–Crippen LogP) is 1.46. The molecular formula is C12H16FN3O2. The van der Waals surface area contributed by atoms with Crippen LogP contribution < -0.4 is 4.90 Å². The first-order valence-corrected chi connectivity index (χ1v) is 6.05. The van der Waals surface area contributed by atoms with Crippen LogP contribution in [0.4, 0.5) is 10.2 Å². The minimum absolute atomic E-state index is 0.193. The highest BCUT2D eigenvalue weighted by molar-refractivity contribution is 5.80. The number of carbonyl (C=O) groups is 1. The van der Waals surface area contributed by atoms with E-state index in [0.29, 0.717) is 19.6 Å². The first-order chi connectivity index (χ1) is 8.65. The van der Waals surface area contributed by atoms with Crippen molar-refractivity contribution in [2.75, 3.05) is 18.1 Å². The Morgan fingerprint density at radius 3 is 3.11 bits per heavy atom. The lowest BCUT2D eigenvalue weighted by atomic mass is 10.2. The lowest BCUT2D eigenvalue weighted by molar-refractivity contribution is -0.144. The standard InChI is InChI=1S/C12H16FN3O2/c1-3-18-12(17)9-5-4-6-16(9)11-10(13)8(2)14-7-15-11/h7,9H,3-6H2,1-2H3. The van der Waals surface area contributed by atoms with Crippen LogP contribution in [0.1, 0.15) is 25.5 Å². The molecule has 18 heavy (non-hydrogen) atoms. The van der Waals surface area contributed by atoms with Crippen molar-refractivity contribution < 1.29 is 13.9 Å². The largest absolute Gasteiger partial charge is 0.464 e. The SMILES string of the molecule is CCOC(=O)C1CCCN1c1ncnc(C)c1F. The maximum atomic E-state index is 14.0. The molecular weight excluding hydrogens is 237 g/mol. The minimum Gasteiger partial charge on any atom is -0.464 e. The molecule has 0 amide bonds. The zero-order chi connectivity index (χ0) is 13.1. The fourth-order valence-corrected chi connectivity index (χ4v) is 2.15. The van der Waals surface area contributed by atoms with E-state index in [1.807, 2.05) is 0 Å². The molecule has 6 heteroatoms. The van der Waals surface area contributed by atoms with Crippen molar-refractivity contribution in [3.05, 3.63) is 17.8 Å². The van der Waals surface area contributed by atoms with Crippen molar-refractivity contribution >= 4 is 11.8 Å². The molecule has 0 saturated carbocycles. The van der Waals surface area contributed by atoms with Crippen LogP contribution in [0.15, 0.2) is 6.33 Å². The summed E-state index contributed by atoms with van der Waals surface area (Å²) in [6.07, 6.45) is 2.81. The quantitative estimate of drug-likeness (QED) is 0.763. The Morgan fingerprint density at radius 2 is 2.39 bits per heavy atom. The molecule has 0 bridgehead atoms. The Bertz CT molecular complexity index is 453. The van der Waals surface area contributed by atoms with Crippen LogP contribution in [-0.4, -0.2) is 35.1 Å². The smallest absolute Gasteiger partial charge is 0.328 e. The van der Waals surface area contributed by atoms with E-state index >= 15 is 0 Å². The molecule has 1 atom stereocenters. The van der Waals surface area contributed by atoms with Crippen molar-refractivity contribution in [2.45, 2.75) is 32.7 Å². The van der Waals surface area contributed by atoms with Gasteiger partial charge in [-0.15, -0.1) is 0 Å². The summed E-state index contributed by atoms with van der Waals surface area (Å²) >= 11 is 0. The van der Waals surface area contributed by atoms with Gasteiger partial charge in [-0.25, -0.2) is 19.2 Å². The Balaban J connectivity index is 2.26. The van der Waals surface area contributed by atoms with Gasteiger partial charge in [0.25, 0.3) is 0 Å². The summed E-state index contributed by atoms with van der Waals surface area (Å²) in [5.74, 6) is -0.586. The number of hydrogen-bond donors (Lipinski definition) is 0. The Labute approximate surface area is 105 Å². The summed E-state index contributed by atoms with van der Waals surface area (Å²) in [7, 11) is 0. The molecule has 1 aliphatic rings. The van der Waals surface area contributed by atoms with Crippen LogP contribution in [0.3, 0.4) is 0 Å². The van der Waals surface area contributed by atoms with Crippen LogP contribution in [0, 0.1) is 12.7 Å². The van der Waals surface area contributed by atoms with Gasteiger partial charge in [0, 0.05) is 6.54 Å². The van der Waals surface area contributed by atoms with Gasteiger partial charge < -0.3 is 9.64 Å². The molecule has 0 aromatic carbocycles. The maximum absolute atomic E-state index is 14.0. The van der Waals surface area contributed by atoms with Crippen LogP contribution in [-0.2, 0) is 9.53 Å². The molecule has 0 radical (unpaired) electrons. The average molecular weight is 253 g/mol. The highest BCUT2D eigenvalue weighted by Crippen LogP contribution is 2.27. The van der Waals surface area contributed by atoms with Gasteiger partial charge in [0.2, 0.25) is 0 Å². The molecule has 0 spiro atoms. The molecule has 1 fully saturated rings. The Kier molecular flexibility index (Phi) is 3.74. The highest BCUT2D eigenvalue weighted by Gasteiger charge is 2.34. The molecule has 2 rings (SSSR count). The van der Waals surface area contributed by atoms with Crippen LogP contribution in [0.2, 0.25) is 0 Å². The molecule has 1 unspecified atom stereocenters. The molecule has 1 aliphatic heterocycles. The Hall–Kier alpha value is -1.72. The summed E-state index contributed by atoms with van der Waals surface area (Å²) in [6, 6.07) is -0.436. The number of hydrogen-bond acceptors (Lipinski definition) is 5. The van der Waals surface area contributed by atoms with Crippen molar-refractivity contribution in [1.82, 2.24) is 9.97 Å². The topological polar surface area (TPSA) is 55.3 Å². The maximum Gasteiger partial charge on any atom is 0.328 e. The number of aromatic nitrogens is 2.